The van der Waals surface area contributed by atoms with Crippen LogP contribution in [0, 0.1) is 6.92 Å². The first kappa shape index (κ1) is 17.5. The Balaban J connectivity index is 1.79. The van der Waals surface area contributed by atoms with Crippen LogP contribution in [0.1, 0.15) is 23.6 Å². The Hall–Kier alpha value is -1.85. The molecule has 124 valence electrons. The molecule has 0 fully saturated rings. The van der Waals surface area contributed by atoms with E-state index in [2.05, 4.69) is 11.6 Å². The van der Waals surface area contributed by atoms with Crippen LogP contribution in [-0.2, 0) is 22.2 Å². The molecule has 2 aromatic rings. The molecule has 0 radical (unpaired) electrons. The summed E-state index contributed by atoms with van der Waals surface area (Å²) in [6.07, 6.45) is 0.985. The molecule has 0 aliphatic rings. The number of ether oxygens (including phenoxy) is 1. The van der Waals surface area contributed by atoms with Crippen LogP contribution in [0.25, 0.3) is 0 Å². The normalized spacial score (nSPS) is 11.4. The standard InChI is InChI=1S/C18H23NO3S/c1-3-16-8-10-18(11-9-16)22-13-12-19-23(20,21)14-17-7-5-4-6-15(17)2/h4-11,19H,3,12-14H2,1-2H3. The predicted molar refractivity (Wildman–Crippen MR) is 93.1 cm³/mol. The fourth-order valence-corrected chi connectivity index (χ4v) is 3.44. The SMILES string of the molecule is CCc1ccc(OCCNS(=O)(=O)Cc2ccccc2C)cc1. The Morgan fingerprint density at radius 1 is 1.04 bits per heavy atom. The number of nitrogens with one attached hydrogen (secondary N) is 1. The molecule has 0 amide bonds. The van der Waals surface area contributed by atoms with Gasteiger partial charge in [-0.25, -0.2) is 13.1 Å². The van der Waals surface area contributed by atoms with Crippen molar-refractivity contribution in [3.63, 3.8) is 0 Å². The molecule has 0 aromatic heterocycles. The van der Waals surface area contributed by atoms with Crippen LogP contribution in [0.4, 0.5) is 0 Å². The van der Waals surface area contributed by atoms with Gasteiger partial charge in [0, 0.05) is 6.54 Å². The van der Waals surface area contributed by atoms with Crippen molar-refractivity contribution in [1.82, 2.24) is 4.72 Å². The summed E-state index contributed by atoms with van der Waals surface area (Å²) in [5.41, 5.74) is 3.04. The summed E-state index contributed by atoms with van der Waals surface area (Å²) in [5, 5.41) is 0. The minimum absolute atomic E-state index is 0.00906. The van der Waals surface area contributed by atoms with E-state index in [-0.39, 0.29) is 12.3 Å². The maximum atomic E-state index is 12.1. The highest BCUT2D eigenvalue weighted by atomic mass is 32.2. The summed E-state index contributed by atoms with van der Waals surface area (Å²) < 4.78 is 32.3. The van der Waals surface area contributed by atoms with Crippen LogP contribution >= 0.6 is 0 Å². The van der Waals surface area contributed by atoms with Crippen LogP contribution < -0.4 is 9.46 Å². The first-order valence-corrected chi connectivity index (χ1v) is 9.39. The molecule has 1 N–H and O–H groups in total. The molecule has 4 nitrogen and oxygen atoms in total. The second-order valence-electron chi connectivity index (χ2n) is 5.43. The van der Waals surface area contributed by atoms with Gasteiger partial charge in [-0.2, -0.15) is 0 Å². The molecule has 2 rings (SSSR count). The van der Waals surface area contributed by atoms with Crippen LogP contribution in [0.5, 0.6) is 5.75 Å². The maximum absolute atomic E-state index is 12.1. The summed E-state index contributed by atoms with van der Waals surface area (Å²) in [4.78, 5) is 0. The molecule has 23 heavy (non-hydrogen) atoms. The highest BCUT2D eigenvalue weighted by Crippen LogP contribution is 2.12. The molecular weight excluding hydrogens is 310 g/mol. The van der Waals surface area contributed by atoms with E-state index >= 15 is 0 Å². The molecule has 0 aliphatic heterocycles. The molecule has 0 atom stereocenters. The lowest BCUT2D eigenvalue weighted by atomic mass is 10.1. The Bertz CT molecular complexity index is 724. The fraction of sp³-hybridized carbons (Fsp3) is 0.333. The summed E-state index contributed by atoms with van der Waals surface area (Å²) in [5.74, 6) is 0.741. The lowest BCUT2D eigenvalue weighted by molar-refractivity contribution is 0.322. The van der Waals surface area contributed by atoms with E-state index in [1.54, 1.807) is 0 Å². The highest BCUT2D eigenvalue weighted by Gasteiger charge is 2.12. The van der Waals surface area contributed by atoms with Gasteiger partial charge in [-0.15, -0.1) is 0 Å². The third-order valence-corrected chi connectivity index (χ3v) is 4.97. The van der Waals surface area contributed by atoms with E-state index in [0.29, 0.717) is 6.61 Å². The molecule has 5 heteroatoms. The van der Waals surface area contributed by atoms with Crippen molar-refractivity contribution in [2.75, 3.05) is 13.2 Å². The van der Waals surface area contributed by atoms with Gasteiger partial charge in [0.1, 0.15) is 12.4 Å². The highest BCUT2D eigenvalue weighted by molar-refractivity contribution is 7.88. The van der Waals surface area contributed by atoms with Crippen LogP contribution in [0.3, 0.4) is 0 Å². The van der Waals surface area contributed by atoms with Crippen LogP contribution in [0.2, 0.25) is 0 Å². The van der Waals surface area contributed by atoms with Gasteiger partial charge >= 0.3 is 0 Å². The fourth-order valence-electron chi connectivity index (χ4n) is 2.22. The lowest BCUT2D eigenvalue weighted by Crippen LogP contribution is -2.29. The van der Waals surface area contributed by atoms with E-state index in [9.17, 15) is 8.42 Å². The summed E-state index contributed by atoms with van der Waals surface area (Å²) in [6.45, 7) is 4.56. The van der Waals surface area contributed by atoms with Gasteiger partial charge < -0.3 is 4.74 Å². The van der Waals surface area contributed by atoms with E-state index in [0.717, 1.165) is 23.3 Å². The van der Waals surface area contributed by atoms with E-state index in [1.165, 1.54) is 5.56 Å². The summed E-state index contributed by atoms with van der Waals surface area (Å²) >= 11 is 0. The van der Waals surface area contributed by atoms with Gasteiger partial charge in [0.05, 0.1) is 5.75 Å². The predicted octanol–water partition coefficient (Wildman–Crippen LogP) is 3.06. The number of hydrogen-bond donors (Lipinski definition) is 1. The summed E-state index contributed by atoms with van der Waals surface area (Å²) in [6, 6.07) is 15.3. The van der Waals surface area contributed by atoms with Crippen molar-refractivity contribution in [2.45, 2.75) is 26.0 Å². The van der Waals surface area contributed by atoms with Crippen molar-refractivity contribution in [3.8, 4) is 5.75 Å². The zero-order valence-corrected chi connectivity index (χ0v) is 14.4. The van der Waals surface area contributed by atoms with Crippen LogP contribution in [0.15, 0.2) is 48.5 Å². The minimum atomic E-state index is -3.35. The zero-order chi connectivity index (χ0) is 16.7. The smallest absolute Gasteiger partial charge is 0.215 e. The van der Waals surface area contributed by atoms with Gasteiger partial charge in [-0.3, -0.25) is 0 Å². The molecule has 2 aromatic carbocycles. The van der Waals surface area contributed by atoms with Crippen molar-refractivity contribution in [2.24, 2.45) is 0 Å². The Morgan fingerprint density at radius 3 is 2.39 bits per heavy atom. The van der Waals surface area contributed by atoms with Gasteiger partial charge in [-0.05, 0) is 42.2 Å². The second-order valence-corrected chi connectivity index (χ2v) is 7.23. The molecule has 0 aliphatic carbocycles. The lowest BCUT2D eigenvalue weighted by Gasteiger charge is -2.10. The Kier molecular flexibility index (Phi) is 6.19. The van der Waals surface area contributed by atoms with E-state index in [1.807, 2.05) is 55.5 Å². The summed E-state index contributed by atoms with van der Waals surface area (Å²) in [7, 11) is -3.35. The first-order chi connectivity index (χ1) is 11.0. The molecule has 0 saturated heterocycles. The first-order valence-electron chi connectivity index (χ1n) is 7.74. The number of rotatable bonds is 8. The van der Waals surface area contributed by atoms with Crippen LogP contribution in [-0.4, -0.2) is 21.6 Å². The largest absolute Gasteiger partial charge is 0.492 e. The van der Waals surface area contributed by atoms with Gasteiger partial charge in [0.2, 0.25) is 10.0 Å². The number of benzene rings is 2. The third kappa shape index (κ3) is 5.69. The van der Waals surface area contributed by atoms with Crippen molar-refractivity contribution in [3.05, 3.63) is 65.2 Å². The van der Waals surface area contributed by atoms with Crippen molar-refractivity contribution in [1.29, 1.82) is 0 Å². The topological polar surface area (TPSA) is 55.4 Å². The zero-order valence-electron chi connectivity index (χ0n) is 13.6. The van der Waals surface area contributed by atoms with E-state index < -0.39 is 10.0 Å². The van der Waals surface area contributed by atoms with Gasteiger partial charge in [0.25, 0.3) is 0 Å². The van der Waals surface area contributed by atoms with Crippen molar-refractivity contribution >= 4 is 10.0 Å². The third-order valence-electron chi connectivity index (χ3n) is 3.63. The molecule has 0 heterocycles. The average molecular weight is 333 g/mol. The minimum Gasteiger partial charge on any atom is -0.492 e. The van der Waals surface area contributed by atoms with E-state index in [4.69, 9.17) is 4.74 Å². The molecule has 0 bridgehead atoms. The number of hydrogen-bond acceptors (Lipinski definition) is 3. The second kappa shape index (κ2) is 8.13. The van der Waals surface area contributed by atoms with Gasteiger partial charge in [-0.1, -0.05) is 43.3 Å². The molecular formula is C18H23NO3S. The quantitative estimate of drug-likeness (QED) is 0.756. The van der Waals surface area contributed by atoms with Gasteiger partial charge in [0.15, 0.2) is 0 Å². The monoisotopic (exact) mass is 333 g/mol. The number of aryl methyl sites for hydroxylation is 2. The Labute approximate surface area is 138 Å². The average Bonchev–Trinajstić information content (AvgIpc) is 2.54. The Morgan fingerprint density at radius 2 is 1.74 bits per heavy atom. The molecule has 0 unspecified atom stereocenters. The molecule has 0 saturated carbocycles. The number of sulfonamides is 1. The van der Waals surface area contributed by atoms with Crippen molar-refractivity contribution < 1.29 is 13.2 Å². The maximum Gasteiger partial charge on any atom is 0.215 e. The molecule has 0 spiro atoms.